The van der Waals surface area contributed by atoms with Crippen LogP contribution in [0.1, 0.15) is 36.9 Å². The molecule has 0 radical (unpaired) electrons. The Balaban J connectivity index is 1.26. The molecule has 5 heteroatoms. The molecule has 0 aliphatic carbocycles. The van der Waals surface area contributed by atoms with E-state index in [9.17, 15) is 0 Å². The van der Waals surface area contributed by atoms with Gasteiger partial charge in [0.15, 0.2) is 0 Å². The van der Waals surface area contributed by atoms with Crippen molar-refractivity contribution in [1.82, 2.24) is 4.90 Å². The molecule has 1 aromatic heterocycles. The molecule has 0 bridgehead atoms. The second-order valence-corrected chi connectivity index (χ2v) is 6.93. The van der Waals surface area contributed by atoms with E-state index in [1.807, 2.05) is 24.3 Å². The number of nitrogens with zero attached hydrogens (tertiary/aromatic N) is 1. The zero-order chi connectivity index (χ0) is 16.4. The smallest absolute Gasteiger partial charge is 0.138 e. The zero-order valence-corrected chi connectivity index (χ0v) is 14.4. The van der Waals surface area contributed by atoms with Crippen molar-refractivity contribution in [2.45, 2.75) is 38.0 Å². The number of hydrogen-bond acceptors (Lipinski definition) is 4. The molecule has 4 nitrogen and oxygen atoms in total. The maximum atomic E-state index is 6.13. The molecule has 0 unspecified atom stereocenters. The summed E-state index contributed by atoms with van der Waals surface area (Å²) in [6.45, 7) is 3.44. The summed E-state index contributed by atoms with van der Waals surface area (Å²) in [5, 5.41) is 0.666. The van der Waals surface area contributed by atoms with Gasteiger partial charge in [0.05, 0.1) is 11.6 Å². The number of para-hydroxylation sites is 1. The molecule has 24 heavy (non-hydrogen) atoms. The number of furan rings is 1. The molecule has 2 aliphatic heterocycles. The Morgan fingerprint density at radius 1 is 1.12 bits per heavy atom. The first kappa shape index (κ1) is 16.0. The van der Waals surface area contributed by atoms with Gasteiger partial charge in [0.25, 0.3) is 0 Å². The van der Waals surface area contributed by atoms with Gasteiger partial charge in [-0.1, -0.05) is 23.7 Å². The molecule has 128 valence electrons. The summed E-state index contributed by atoms with van der Waals surface area (Å²) in [7, 11) is 0. The Bertz CT molecular complexity index is 675. The number of benzene rings is 1. The molecule has 2 saturated heterocycles. The van der Waals surface area contributed by atoms with Gasteiger partial charge in [-0.05, 0) is 43.5 Å². The monoisotopic (exact) mass is 347 g/mol. The van der Waals surface area contributed by atoms with Crippen LogP contribution in [0.25, 0.3) is 0 Å². The van der Waals surface area contributed by atoms with Crippen molar-refractivity contribution in [2.75, 3.05) is 19.7 Å². The number of halogens is 1. The van der Waals surface area contributed by atoms with Crippen LogP contribution < -0.4 is 4.74 Å². The Morgan fingerprint density at radius 3 is 2.79 bits per heavy atom. The Kier molecular flexibility index (Phi) is 4.79. The van der Waals surface area contributed by atoms with Gasteiger partial charge in [-0.15, -0.1) is 0 Å². The van der Waals surface area contributed by atoms with Crippen LogP contribution in [0.3, 0.4) is 0 Å². The lowest BCUT2D eigenvalue weighted by atomic mass is 10.1. The summed E-state index contributed by atoms with van der Waals surface area (Å²) < 4.78 is 17.7. The third kappa shape index (κ3) is 3.61. The highest BCUT2D eigenvalue weighted by Gasteiger charge is 2.30. The van der Waals surface area contributed by atoms with Crippen LogP contribution >= 0.6 is 11.6 Å². The lowest BCUT2D eigenvalue weighted by Gasteiger charge is -2.38. The van der Waals surface area contributed by atoms with Crippen molar-refractivity contribution in [3.05, 3.63) is 52.9 Å². The van der Waals surface area contributed by atoms with Crippen LogP contribution in [0, 0.1) is 0 Å². The molecular weight excluding hydrogens is 326 g/mol. The quantitative estimate of drug-likeness (QED) is 0.801. The zero-order valence-electron chi connectivity index (χ0n) is 13.6. The number of rotatable bonds is 5. The first-order valence-corrected chi connectivity index (χ1v) is 8.99. The standard InChI is InChI=1S/C19H22ClNO3/c20-16-5-1-2-6-17(16)24-15-12-21(13-15)11-14-8-9-19(23-14)18-7-3-4-10-22-18/h1-2,5-6,8-9,15,18H,3-4,7,10-13H2/t18-/m0/s1. The fourth-order valence-electron chi connectivity index (χ4n) is 3.28. The van der Waals surface area contributed by atoms with Crippen molar-refractivity contribution in [3.8, 4) is 5.75 Å². The predicted molar refractivity (Wildman–Crippen MR) is 92.4 cm³/mol. The van der Waals surface area contributed by atoms with E-state index in [0.29, 0.717) is 5.02 Å². The van der Waals surface area contributed by atoms with E-state index in [0.717, 1.165) is 56.4 Å². The minimum Gasteiger partial charge on any atom is -0.486 e. The minimum atomic E-state index is 0.139. The lowest BCUT2D eigenvalue weighted by Crippen LogP contribution is -2.53. The first-order valence-electron chi connectivity index (χ1n) is 8.62. The SMILES string of the molecule is Clc1ccccc1OC1CN(Cc2ccc([C@@H]3CCCCO3)o2)C1. The van der Waals surface area contributed by atoms with E-state index in [-0.39, 0.29) is 12.2 Å². The van der Waals surface area contributed by atoms with Crippen LogP contribution in [0.15, 0.2) is 40.8 Å². The Hall–Kier alpha value is -1.49. The molecule has 0 amide bonds. The summed E-state index contributed by atoms with van der Waals surface area (Å²) >= 11 is 6.13. The van der Waals surface area contributed by atoms with E-state index in [4.69, 9.17) is 25.5 Å². The normalized spacial score (nSPS) is 22.3. The average Bonchev–Trinajstić information content (AvgIpc) is 3.04. The third-order valence-electron chi connectivity index (χ3n) is 4.61. The number of ether oxygens (including phenoxy) is 2. The topological polar surface area (TPSA) is 34.8 Å². The van der Waals surface area contributed by atoms with Gasteiger partial charge < -0.3 is 13.9 Å². The lowest BCUT2D eigenvalue weighted by molar-refractivity contribution is -0.00378. The maximum Gasteiger partial charge on any atom is 0.138 e. The molecule has 0 saturated carbocycles. The van der Waals surface area contributed by atoms with Crippen LogP contribution in [0.2, 0.25) is 5.02 Å². The van der Waals surface area contributed by atoms with E-state index in [1.54, 1.807) is 0 Å². The van der Waals surface area contributed by atoms with Crippen LogP contribution in [0.4, 0.5) is 0 Å². The third-order valence-corrected chi connectivity index (χ3v) is 4.93. The van der Waals surface area contributed by atoms with E-state index < -0.39 is 0 Å². The Morgan fingerprint density at radius 2 is 2.00 bits per heavy atom. The molecule has 1 aromatic carbocycles. The van der Waals surface area contributed by atoms with Crippen molar-refractivity contribution >= 4 is 11.6 Å². The number of likely N-dealkylation sites (tertiary alicyclic amines) is 1. The van der Waals surface area contributed by atoms with Crippen LogP contribution in [-0.4, -0.2) is 30.7 Å². The fourth-order valence-corrected chi connectivity index (χ4v) is 3.46. The van der Waals surface area contributed by atoms with Crippen molar-refractivity contribution in [2.24, 2.45) is 0 Å². The molecule has 2 aliphatic rings. The van der Waals surface area contributed by atoms with Gasteiger partial charge in [0.2, 0.25) is 0 Å². The molecule has 2 fully saturated rings. The van der Waals surface area contributed by atoms with E-state index >= 15 is 0 Å². The Labute approximate surface area is 147 Å². The van der Waals surface area contributed by atoms with E-state index in [2.05, 4.69) is 17.0 Å². The highest BCUT2D eigenvalue weighted by atomic mass is 35.5. The molecule has 4 rings (SSSR count). The molecule has 2 aromatic rings. The second kappa shape index (κ2) is 7.18. The first-order chi connectivity index (χ1) is 11.8. The average molecular weight is 348 g/mol. The van der Waals surface area contributed by atoms with Crippen molar-refractivity contribution in [3.63, 3.8) is 0 Å². The largest absolute Gasteiger partial charge is 0.486 e. The minimum absolute atomic E-state index is 0.139. The van der Waals surface area contributed by atoms with Crippen molar-refractivity contribution in [1.29, 1.82) is 0 Å². The predicted octanol–water partition coefficient (Wildman–Crippen LogP) is 4.44. The summed E-state index contributed by atoms with van der Waals surface area (Å²) in [6, 6.07) is 11.7. The van der Waals surface area contributed by atoms with Gasteiger partial charge in [-0.25, -0.2) is 0 Å². The second-order valence-electron chi connectivity index (χ2n) is 6.52. The summed E-state index contributed by atoms with van der Waals surface area (Å²) in [4.78, 5) is 2.31. The molecule has 0 N–H and O–H groups in total. The summed E-state index contributed by atoms with van der Waals surface area (Å²) in [5.74, 6) is 2.73. The molecule has 0 spiro atoms. The summed E-state index contributed by atoms with van der Waals surface area (Å²) in [5.41, 5.74) is 0. The summed E-state index contributed by atoms with van der Waals surface area (Å²) in [6.07, 6.45) is 3.77. The van der Waals surface area contributed by atoms with Gasteiger partial charge in [0.1, 0.15) is 29.5 Å². The molecule has 1 atom stereocenters. The maximum absolute atomic E-state index is 6.13. The van der Waals surface area contributed by atoms with Gasteiger partial charge in [-0.2, -0.15) is 0 Å². The number of hydrogen-bond donors (Lipinski definition) is 0. The van der Waals surface area contributed by atoms with Crippen molar-refractivity contribution < 1.29 is 13.9 Å². The van der Waals surface area contributed by atoms with Gasteiger partial charge in [-0.3, -0.25) is 4.90 Å². The van der Waals surface area contributed by atoms with Crippen LogP contribution in [-0.2, 0) is 11.3 Å². The van der Waals surface area contributed by atoms with E-state index in [1.165, 1.54) is 6.42 Å². The van der Waals surface area contributed by atoms with Crippen LogP contribution in [0.5, 0.6) is 5.75 Å². The van der Waals surface area contributed by atoms with Gasteiger partial charge >= 0.3 is 0 Å². The highest BCUT2D eigenvalue weighted by molar-refractivity contribution is 6.32. The highest BCUT2D eigenvalue weighted by Crippen LogP contribution is 2.30. The fraction of sp³-hybridized carbons (Fsp3) is 0.474. The molecule has 3 heterocycles. The van der Waals surface area contributed by atoms with Gasteiger partial charge in [0, 0.05) is 19.7 Å². The molecular formula is C19H22ClNO3.